The molecule has 7 heteroatoms. The first kappa shape index (κ1) is 14.7. The molecule has 0 aliphatic carbocycles. The van der Waals surface area contributed by atoms with E-state index in [4.69, 9.17) is 9.84 Å². The number of methoxy groups -OCH3 is 1. The van der Waals surface area contributed by atoms with Crippen LogP contribution < -0.4 is 5.32 Å². The Morgan fingerprint density at radius 2 is 2.06 bits per heavy atom. The van der Waals surface area contributed by atoms with Gasteiger partial charge in [0.1, 0.15) is 6.04 Å². The number of urea groups is 1. The van der Waals surface area contributed by atoms with E-state index >= 15 is 0 Å². The number of carbonyl (C=O) groups is 2. The molecule has 0 aromatic carbocycles. The van der Waals surface area contributed by atoms with Gasteiger partial charge in [-0.1, -0.05) is 0 Å². The zero-order valence-electron chi connectivity index (χ0n) is 9.64. The molecule has 3 N–H and O–H groups in total. The third kappa shape index (κ3) is 5.52. The Bertz CT molecular complexity index is 246. The van der Waals surface area contributed by atoms with E-state index in [9.17, 15) is 14.7 Å². The van der Waals surface area contributed by atoms with Gasteiger partial charge in [-0.3, -0.25) is 4.79 Å². The predicted molar refractivity (Wildman–Crippen MR) is 56.1 cm³/mol. The highest BCUT2D eigenvalue weighted by Crippen LogP contribution is 1.92. The SMILES string of the molecule is COCC(O)CN(C)C(=O)NC(C)C(=O)O. The number of hydrogen-bond donors (Lipinski definition) is 3. The van der Waals surface area contributed by atoms with E-state index in [1.165, 1.54) is 26.0 Å². The second kappa shape index (κ2) is 7.02. The molecule has 0 spiro atoms. The lowest BCUT2D eigenvalue weighted by molar-refractivity contribution is -0.138. The highest BCUT2D eigenvalue weighted by Gasteiger charge is 2.18. The zero-order chi connectivity index (χ0) is 12.7. The number of nitrogens with one attached hydrogen (secondary N) is 1. The fourth-order valence-corrected chi connectivity index (χ4v) is 1.00. The number of nitrogens with zero attached hydrogens (tertiary/aromatic N) is 1. The number of rotatable bonds is 6. The van der Waals surface area contributed by atoms with E-state index in [0.717, 1.165) is 0 Å². The summed E-state index contributed by atoms with van der Waals surface area (Å²) in [4.78, 5) is 23.1. The molecule has 16 heavy (non-hydrogen) atoms. The van der Waals surface area contributed by atoms with Crippen molar-refractivity contribution in [3.05, 3.63) is 0 Å². The van der Waals surface area contributed by atoms with Gasteiger partial charge in [0, 0.05) is 14.2 Å². The van der Waals surface area contributed by atoms with E-state index in [1.807, 2.05) is 0 Å². The summed E-state index contributed by atoms with van der Waals surface area (Å²) < 4.78 is 4.70. The van der Waals surface area contributed by atoms with Crippen LogP contribution in [0.1, 0.15) is 6.92 Å². The molecule has 7 nitrogen and oxygen atoms in total. The van der Waals surface area contributed by atoms with Gasteiger partial charge in [-0.2, -0.15) is 0 Å². The number of aliphatic carboxylic acids is 1. The van der Waals surface area contributed by atoms with Gasteiger partial charge in [0.15, 0.2) is 0 Å². The second-order valence-electron chi connectivity index (χ2n) is 3.50. The summed E-state index contributed by atoms with van der Waals surface area (Å²) >= 11 is 0. The Balaban J connectivity index is 4.03. The van der Waals surface area contributed by atoms with E-state index in [0.29, 0.717) is 0 Å². The van der Waals surface area contributed by atoms with E-state index in [1.54, 1.807) is 0 Å². The summed E-state index contributed by atoms with van der Waals surface area (Å²) in [5.74, 6) is -1.11. The van der Waals surface area contributed by atoms with Gasteiger partial charge < -0.3 is 25.2 Å². The van der Waals surface area contributed by atoms with Crippen LogP contribution in [-0.2, 0) is 9.53 Å². The van der Waals surface area contributed by atoms with Crippen molar-refractivity contribution < 1.29 is 24.5 Å². The van der Waals surface area contributed by atoms with Gasteiger partial charge in [-0.15, -0.1) is 0 Å². The maximum absolute atomic E-state index is 11.4. The van der Waals surface area contributed by atoms with Crippen LogP contribution in [0.2, 0.25) is 0 Å². The molecule has 2 unspecified atom stereocenters. The Kier molecular flexibility index (Phi) is 6.43. The minimum Gasteiger partial charge on any atom is -0.480 e. The maximum atomic E-state index is 11.4. The first-order valence-corrected chi connectivity index (χ1v) is 4.80. The number of aliphatic hydroxyl groups is 1. The average molecular weight is 234 g/mol. The van der Waals surface area contributed by atoms with Crippen LogP contribution in [-0.4, -0.2) is 66.6 Å². The molecule has 0 bridgehead atoms. The molecule has 0 saturated heterocycles. The van der Waals surface area contributed by atoms with Gasteiger partial charge in [0.05, 0.1) is 19.3 Å². The lowest BCUT2D eigenvalue weighted by Crippen LogP contribution is -2.47. The lowest BCUT2D eigenvalue weighted by atomic mass is 10.3. The summed E-state index contributed by atoms with van der Waals surface area (Å²) in [6.07, 6.45) is -0.791. The number of carbonyl (C=O) groups excluding carboxylic acids is 1. The molecule has 0 fully saturated rings. The molecule has 0 aromatic heterocycles. The molecule has 0 aliphatic rings. The lowest BCUT2D eigenvalue weighted by Gasteiger charge is -2.22. The van der Waals surface area contributed by atoms with Crippen molar-refractivity contribution in [3.8, 4) is 0 Å². The smallest absolute Gasteiger partial charge is 0.325 e. The van der Waals surface area contributed by atoms with Crippen LogP contribution in [0.4, 0.5) is 4.79 Å². The number of amides is 2. The van der Waals surface area contributed by atoms with Crippen LogP contribution in [0, 0.1) is 0 Å². The summed E-state index contributed by atoms with van der Waals surface area (Å²) in [5, 5.41) is 20.2. The molecular formula is C9H18N2O5. The summed E-state index contributed by atoms with van der Waals surface area (Å²) in [5.41, 5.74) is 0. The summed E-state index contributed by atoms with van der Waals surface area (Å²) in [6, 6.07) is -1.51. The quantitative estimate of drug-likeness (QED) is 0.553. The largest absolute Gasteiger partial charge is 0.480 e. The number of likely N-dealkylation sites (N-methyl/N-ethyl adjacent to an activating group) is 1. The standard InChI is InChI=1S/C9H18N2O5/c1-6(8(13)14)10-9(15)11(2)4-7(12)5-16-3/h6-7,12H,4-5H2,1-3H3,(H,10,15)(H,13,14). The Hall–Kier alpha value is -1.34. The molecule has 2 atom stereocenters. The number of ether oxygens (including phenoxy) is 1. The van der Waals surface area contributed by atoms with Crippen molar-refractivity contribution in [2.24, 2.45) is 0 Å². The highest BCUT2D eigenvalue weighted by atomic mass is 16.5. The van der Waals surface area contributed by atoms with Crippen molar-refractivity contribution in [1.29, 1.82) is 0 Å². The number of hydrogen-bond acceptors (Lipinski definition) is 4. The van der Waals surface area contributed by atoms with Gasteiger partial charge in [-0.25, -0.2) is 4.79 Å². The fraction of sp³-hybridized carbons (Fsp3) is 0.778. The van der Waals surface area contributed by atoms with E-state index in [2.05, 4.69) is 5.32 Å². The molecule has 0 radical (unpaired) electrons. The molecule has 0 heterocycles. The van der Waals surface area contributed by atoms with Crippen LogP contribution in [0.5, 0.6) is 0 Å². The third-order valence-corrected chi connectivity index (χ3v) is 1.90. The second-order valence-corrected chi connectivity index (χ2v) is 3.50. The normalized spacial score (nSPS) is 14.0. The van der Waals surface area contributed by atoms with Crippen molar-refractivity contribution in [1.82, 2.24) is 10.2 Å². The predicted octanol–water partition coefficient (Wildman–Crippen LogP) is -0.892. The van der Waals surface area contributed by atoms with E-state index in [-0.39, 0.29) is 13.2 Å². The van der Waals surface area contributed by atoms with Crippen molar-refractivity contribution >= 4 is 12.0 Å². The maximum Gasteiger partial charge on any atom is 0.325 e. The number of carboxylic acid groups (broad SMARTS) is 1. The molecule has 94 valence electrons. The van der Waals surface area contributed by atoms with Crippen molar-refractivity contribution in [2.45, 2.75) is 19.1 Å². The topological polar surface area (TPSA) is 99.1 Å². The van der Waals surface area contributed by atoms with Crippen molar-refractivity contribution in [2.75, 3.05) is 27.3 Å². The van der Waals surface area contributed by atoms with Gasteiger partial charge in [0.2, 0.25) is 0 Å². The Labute approximate surface area is 94.0 Å². The minimum atomic E-state index is -1.11. The molecule has 0 aromatic rings. The third-order valence-electron chi connectivity index (χ3n) is 1.90. The van der Waals surface area contributed by atoms with Crippen LogP contribution in [0.25, 0.3) is 0 Å². The molecule has 0 saturated carbocycles. The van der Waals surface area contributed by atoms with E-state index < -0.39 is 24.1 Å². The molecule has 0 rings (SSSR count). The highest BCUT2D eigenvalue weighted by molar-refractivity contribution is 5.82. The molecule has 2 amide bonds. The molecular weight excluding hydrogens is 216 g/mol. The van der Waals surface area contributed by atoms with Crippen LogP contribution >= 0.6 is 0 Å². The van der Waals surface area contributed by atoms with Gasteiger partial charge in [0.25, 0.3) is 0 Å². The fourth-order valence-electron chi connectivity index (χ4n) is 1.00. The first-order valence-electron chi connectivity index (χ1n) is 4.80. The first-order chi connectivity index (χ1) is 7.38. The van der Waals surface area contributed by atoms with Crippen LogP contribution in [0.15, 0.2) is 0 Å². The Morgan fingerprint density at radius 3 is 2.50 bits per heavy atom. The monoisotopic (exact) mass is 234 g/mol. The Morgan fingerprint density at radius 1 is 1.50 bits per heavy atom. The van der Waals surface area contributed by atoms with Crippen molar-refractivity contribution in [3.63, 3.8) is 0 Å². The van der Waals surface area contributed by atoms with Gasteiger partial charge >= 0.3 is 12.0 Å². The molecule has 0 aliphatic heterocycles. The number of aliphatic hydroxyl groups excluding tert-OH is 1. The average Bonchev–Trinajstić information content (AvgIpc) is 2.17. The number of carboxylic acids is 1. The zero-order valence-corrected chi connectivity index (χ0v) is 9.64. The van der Waals surface area contributed by atoms with Gasteiger partial charge in [-0.05, 0) is 6.92 Å². The summed E-state index contributed by atoms with van der Waals surface area (Å²) in [6.45, 7) is 1.55. The summed E-state index contributed by atoms with van der Waals surface area (Å²) in [7, 11) is 2.90. The van der Waals surface area contributed by atoms with Crippen LogP contribution in [0.3, 0.4) is 0 Å². The minimum absolute atomic E-state index is 0.0754.